The third-order valence-corrected chi connectivity index (χ3v) is 5.55. The molecular weight excluding hydrogens is 311 g/mol. The van der Waals surface area contributed by atoms with Crippen molar-refractivity contribution < 1.29 is 12.8 Å². The zero-order chi connectivity index (χ0) is 15.5. The Hall–Kier alpha value is -1.75. The van der Waals surface area contributed by atoms with Crippen molar-refractivity contribution in [3.05, 3.63) is 51.5 Å². The highest BCUT2D eigenvalue weighted by molar-refractivity contribution is 7.89. The van der Waals surface area contributed by atoms with Crippen LogP contribution in [0, 0.1) is 17.1 Å². The van der Waals surface area contributed by atoms with Crippen molar-refractivity contribution in [2.45, 2.75) is 24.8 Å². The molecule has 0 aliphatic heterocycles. The van der Waals surface area contributed by atoms with Crippen LogP contribution in [0.25, 0.3) is 0 Å². The van der Waals surface area contributed by atoms with E-state index < -0.39 is 21.4 Å². The van der Waals surface area contributed by atoms with Gasteiger partial charge in [-0.15, -0.1) is 11.3 Å². The standard InChI is InChI=1S/C14H13FN2O2S2/c1-2-10-6-7-11(20-10)9-17-21(18,19)14-5-3-4-13(15)12(14)8-16/h3-7,17H,2,9H2,1H3. The summed E-state index contributed by atoms with van der Waals surface area (Å²) >= 11 is 1.52. The molecule has 1 aromatic heterocycles. The molecule has 0 bridgehead atoms. The third kappa shape index (κ3) is 3.47. The predicted octanol–water partition coefficient (Wildman–Crippen LogP) is 2.80. The lowest BCUT2D eigenvalue weighted by molar-refractivity contribution is 0.576. The molecule has 1 N–H and O–H groups in total. The Morgan fingerprint density at radius 3 is 2.62 bits per heavy atom. The maximum absolute atomic E-state index is 13.5. The molecule has 21 heavy (non-hydrogen) atoms. The summed E-state index contributed by atoms with van der Waals surface area (Å²) in [5.74, 6) is -0.843. The van der Waals surface area contributed by atoms with Crippen LogP contribution in [-0.4, -0.2) is 8.42 Å². The zero-order valence-corrected chi connectivity index (χ0v) is 12.9. The molecule has 0 fully saturated rings. The molecule has 0 radical (unpaired) electrons. The van der Waals surface area contributed by atoms with Crippen LogP contribution >= 0.6 is 11.3 Å². The summed E-state index contributed by atoms with van der Waals surface area (Å²) in [6.45, 7) is 2.14. The van der Waals surface area contributed by atoms with Gasteiger partial charge in [0, 0.05) is 16.3 Å². The van der Waals surface area contributed by atoms with Crippen LogP contribution in [0.1, 0.15) is 22.2 Å². The van der Waals surface area contributed by atoms with Crippen molar-refractivity contribution in [3.63, 3.8) is 0 Å². The highest BCUT2D eigenvalue weighted by Gasteiger charge is 2.21. The summed E-state index contributed by atoms with van der Waals surface area (Å²) in [4.78, 5) is 1.69. The quantitative estimate of drug-likeness (QED) is 0.919. The van der Waals surface area contributed by atoms with E-state index in [0.717, 1.165) is 22.2 Å². The Kier molecular flexibility index (Phi) is 4.73. The second kappa shape index (κ2) is 6.35. The first-order valence-corrected chi connectivity index (χ1v) is 8.53. The Morgan fingerprint density at radius 2 is 2.00 bits per heavy atom. The molecule has 0 unspecified atom stereocenters. The molecule has 2 rings (SSSR count). The van der Waals surface area contributed by atoms with E-state index in [1.54, 1.807) is 6.07 Å². The Morgan fingerprint density at radius 1 is 1.29 bits per heavy atom. The van der Waals surface area contributed by atoms with Crippen LogP contribution in [0.2, 0.25) is 0 Å². The van der Waals surface area contributed by atoms with E-state index in [1.165, 1.54) is 23.5 Å². The van der Waals surface area contributed by atoms with Gasteiger partial charge >= 0.3 is 0 Å². The third-order valence-electron chi connectivity index (χ3n) is 2.88. The summed E-state index contributed by atoms with van der Waals surface area (Å²) in [7, 11) is -3.93. The second-order valence-electron chi connectivity index (χ2n) is 4.27. The lowest BCUT2D eigenvalue weighted by atomic mass is 10.2. The number of aryl methyl sites for hydroxylation is 1. The molecular formula is C14H13FN2O2S2. The van der Waals surface area contributed by atoms with Gasteiger partial charge in [0.25, 0.3) is 0 Å². The molecule has 0 saturated heterocycles. The van der Waals surface area contributed by atoms with Gasteiger partial charge in [-0.05, 0) is 30.7 Å². The van der Waals surface area contributed by atoms with Crippen molar-refractivity contribution in [3.8, 4) is 6.07 Å². The molecule has 1 aromatic carbocycles. The number of nitrogens with zero attached hydrogens (tertiary/aromatic N) is 1. The van der Waals surface area contributed by atoms with E-state index in [2.05, 4.69) is 4.72 Å². The fraction of sp³-hybridized carbons (Fsp3) is 0.214. The lowest BCUT2D eigenvalue weighted by Crippen LogP contribution is -2.24. The van der Waals surface area contributed by atoms with Gasteiger partial charge in [-0.2, -0.15) is 5.26 Å². The van der Waals surface area contributed by atoms with E-state index >= 15 is 0 Å². The molecule has 0 amide bonds. The average Bonchev–Trinajstić information content (AvgIpc) is 2.93. The van der Waals surface area contributed by atoms with Crippen LogP contribution in [0.15, 0.2) is 35.2 Å². The smallest absolute Gasteiger partial charge is 0.207 e. The van der Waals surface area contributed by atoms with Crippen LogP contribution in [-0.2, 0) is 23.0 Å². The molecule has 0 saturated carbocycles. The lowest BCUT2D eigenvalue weighted by Gasteiger charge is -2.07. The monoisotopic (exact) mass is 324 g/mol. The van der Waals surface area contributed by atoms with E-state index in [9.17, 15) is 12.8 Å². The maximum atomic E-state index is 13.5. The number of halogens is 1. The number of nitrogens with one attached hydrogen (secondary N) is 1. The van der Waals surface area contributed by atoms with Gasteiger partial charge in [0.05, 0.1) is 0 Å². The van der Waals surface area contributed by atoms with E-state index in [4.69, 9.17) is 5.26 Å². The largest absolute Gasteiger partial charge is 0.242 e. The summed E-state index contributed by atoms with van der Waals surface area (Å²) in [5.41, 5.74) is -0.467. The number of hydrogen-bond acceptors (Lipinski definition) is 4. The Labute approximate surface area is 126 Å². The molecule has 0 aliphatic carbocycles. The predicted molar refractivity (Wildman–Crippen MR) is 78.8 cm³/mol. The topological polar surface area (TPSA) is 70.0 Å². The van der Waals surface area contributed by atoms with Gasteiger partial charge in [-0.3, -0.25) is 0 Å². The van der Waals surface area contributed by atoms with Gasteiger partial charge in [-0.1, -0.05) is 13.0 Å². The number of sulfonamides is 1. The van der Waals surface area contributed by atoms with Crippen molar-refractivity contribution in [2.24, 2.45) is 0 Å². The Balaban J connectivity index is 2.23. The molecule has 110 valence electrons. The highest BCUT2D eigenvalue weighted by atomic mass is 32.2. The van der Waals surface area contributed by atoms with Gasteiger partial charge in [0.1, 0.15) is 22.3 Å². The minimum Gasteiger partial charge on any atom is -0.207 e. The minimum atomic E-state index is -3.93. The fourth-order valence-corrected chi connectivity index (χ4v) is 3.95. The number of thiophene rings is 1. The molecule has 1 heterocycles. The number of hydrogen-bond donors (Lipinski definition) is 1. The summed E-state index contributed by atoms with van der Waals surface area (Å²) in [6, 6.07) is 8.93. The number of nitriles is 1. The summed E-state index contributed by atoms with van der Waals surface area (Å²) in [5, 5.41) is 8.90. The van der Waals surface area contributed by atoms with Gasteiger partial charge in [-0.25, -0.2) is 17.5 Å². The molecule has 0 spiro atoms. The summed E-state index contributed by atoms with van der Waals surface area (Å²) < 4.78 is 40.3. The van der Waals surface area contributed by atoms with Gasteiger partial charge in [0.15, 0.2) is 0 Å². The molecule has 2 aromatic rings. The SMILES string of the molecule is CCc1ccc(CNS(=O)(=O)c2cccc(F)c2C#N)s1. The fourth-order valence-electron chi connectivity index (χ4n) is 1.79. The molecule has 7 heteroatoms. The first kappa shape index (κ1) is 15.6. The van der Waals surface area contributed by atoms with Crippen molar-refractivity contribution in [1.82, 2.24) is 4.72 Å². The van der Waals surface area contributed by atoms with Crippen molar-refractivity contribution in [2.75, 3.05) is 0 Å². The maximum Gasteiger partial charge on any atom is 0.242 e. The minimum absolute atomic E-state index is 0.119. The van der Waals surface area contributed by atoms with Gasteiger partial charge < -0.3 is 0 Å². The van der Waals surface area contributed by atoms with Crippen LogP contribution in [0.3, 0.4) is 0 Å². The van der Waals surface area contributed by atoms with Crippen LogP contribution in [0.5, 0.6) is 0 Å². The second-order valence-corrected chi connectivity index (χ2v) is 7.26. The average molecular weight is 324 g/mol. The number of benzene rings is 1. The molecule has 4 nitrogen and oxygen atoms in total. The van der Waals surface area contributed by atoms with Gasteiger partial charge in [0.2, 0.25) is 10.0 Å². The van der Waals surface area contributed by atoms with E-state index in [-0.39, 0.29) is 11.4 Å². The summed E-state index contributed by atoms with van der Waals surface area (Å²) in [6.07, 6.45) is 0.889. The van der Waals surface area contributed by atoms with E-state index in [0.29, 0.717) is 0 Å². The van der Waals surface area contributed by atoms with E-state index in [1.807, 2.05) is 19.1 Å². The molecule has 0 aliphatic rings. The zero-order valence-electron chi connectivity index (χ0n) is 11.3. The van der Waals surface area contributed by atoms with Crippen molar-refractivity contribution >= 4 is 21.4 Å². The Bertz CT molecular complexity index is 792. The van der Waals surface area contributed by atoms with Crippen LogP contribution < -0.4 is 4.72 Å². The first-order chi connectivity index (χ1) is 9.97. The number of rotatable bonds is 5. The first-order valence-electron chi connectivity index (χ1n) is 6.23. The van der Waals surface area contributed by atoms with Crippen molar-refractivity contribution in [1.29, 1.82) is 5.26 Å². The molecule has 0 atom stereocenters. The van der Waals surface area contributed by atoms with Crippen LogP contribution in [0.4, 0.5) is 4.39 Å². The highest BCUT2D eigenvalue weighted by Crippen LogP contribution is 2.20. The normalized spacial score (nSPS) is 11.3.